The SMILES string of the molecule is CCc1cc(=O)c(O)c(-c2c[nH]c3c(CC=C(C)C)cccc23)o1. The first-order chi connectivity index (χ1) is 11.5. The summed E-state index contributed by atoms with van der Waals surface area (Å²) in [6, 6.07) is 7.35. The molecule has 0 saturated heterocycles. The van der Waals surface area contributed by atoms with Gasteiger partial charge in [0.25, 0.3) is 0 Å². The number of aromatic hydroxyl groups is 1. The second-order valence-corrected chi connectivity index (χ2v) is 6.14. The number of hydrogen-bond acceptors (Lipinski definition) is 3. The Hall–Kier alpha value is -2.75. The van der Waals surface area contributed by atoms with Gasteiger partial charge in [-0.05, 0) is 25.8 Å². The van der Waals surface area contributed by atoms with Gasteiger partial charge in [-0.15, -0.1) is 0 Å². The molecule has 0 aliphatic carbocycles. The molecule has 0 fully saturated rings. The van der Waals surface area contributed by atoms with E-state index in [-0.39, 0.29) is 11.5 Å². The molecule has 0 amide bonds. The lowest BCUT2D eigenvalue weighted by molar-refractivity contribution is 0.425. The molecule has 0 unspecified atom stereocenters. The smallest absolute Gasteiger partial charge is 0.227 e. The summed E-state index contributed by atoms with van der Waals surface area (Å²) in [5, 5.41) is 11.1. The van der Waals surface area contributed by atoms with Crippen LogP contribution in [-0.4, -0.2) is 10.1 Å². The number of fused-ring (bicyclic) bond motifs is 1. The van der Waals surface area contributed by atoms with Crippen molar-refractivity contribution in [3.05, 3.63) is 63.7 Å². The van der Waals surface area contributed by atoms with E-state index >= 15 is 0 Å². The number of hydrogen-bond donors (Lipinski definition) is 2. The molecule has 0 aliphatic heterocycles. The predicted octanol–water partition coefficient (Wildman–Crippen LogP) is 4.56. The van der Waals surface area contributed by atoms with Crippen molar-refractivity contribution in [3.63, 3.8) is 0 Å². The van der Waals surface area contributed by atoms with Crippen molar-refractivity contribution >= 4 is 10.9 Å². The van der Waals surface area contributed by atoms with Crippen molar-refractivity contribution in [1.82, 2.24) is 4.98 Å². The normalized spacial score (nSPS) is 11.0. The molecule has 0 bridgehead atoms. The van der Waals surface area contributed by atoms with E-state index < -0.39 is 5.43 Å². The highest BCUT2D eigenvalue weighted by Crippen LogP contribution is 2.34. The van der Waals surface area contributed by atoms with E-state index in [1.165, 1.54) is 11.6 Å². The molecule has 0 radical (unpaired) electrons. The number of aromatic nitrogens is 1. The van der Waals surface area contributed by atoms with Gasteiger partial charge >= 0.3 is 0 Å². The maximum atomic E-state index is 12.0. The van der Waals surface area contributed by atoms with Crippen molar-refractivity contribution in [2.24, 2.45) is 0 Å². The molecule has 0 spiro atoms. The molecule has 3 aromatic rings. The minimum atomic E-state index is -0.414. The lowest BCUT2D eigenvalue weighted by Gasteiger charge is -2.05. The van der Waals surface area contributed by atoms with Gasteiger partial charge in [-0.25, -0.2) is 0 Å². The van der Waals surface area contributed by atoms with Gasteiger partial charge in [0.15, 0.2) is 5.76 Å². The fourth-order valence-electron chi connectivity index (χ4n) is 2.78. The Morgan fingerprint density at radius 3 is 2.83 bits per heavy atom. The molecule has 0 atom stereocenters. The Balaban J connectivity index is 2.19. The molecular formula is C20H21NO3. The summed E-state index contributed by atoms with van der Waals surface area (Å²) in [7, 11) is 0. The highest BCUT2D eigenvalue weighted by atomic mass is 16.4. The van der Waals surface area contributed by atoms with E-state index in [0.717, 1.165) is 22.9 Å². The van der Waals surface area contributed by atoms with Gasteiger partial charge < -0.3 is 14.5 Å². The van der Waals surface area contributed by atoms with Crippen LogP contribution >= 0.6 is 0 Å². The zero-order valence-electron chi connectivity index (χ0n) is 14.1. The second-order valence-electron chi connectivity index (χ2n) is 6.14. The van der Waals surface area contributed by atoms with E-state index in [1.807, 2.05) is 19.1 Å². The number of aryl methyl sites for hydroxylation is 1. The van der Waals surface area contributed by atoms with Crippen molar-refractivity contribution in [3.8, 4) is 17.1 Å². The Morgan fingerprint density at radius 1 is 1.33 bits per heavy atom. The topological polar surface area (TPSA) is 66.2 Å². The molecule has 4 nitrogen and oxygen atoms in total. The average Bonchev–Trinajstić information content (AvgIpc) is 2.99. The Bertz CT molecular complexity index is 972. The molecule has 1 aromatic carbocycles. The van der Waals surface area contributed by atoms with Crippen LogP contribution < -0.4 is 5.43 Å². The monoisotopic (exact) mass is 323 g/mol. The maximum absolute atomic E-state index is 12.0. The number of aromatic amines is 1. The van der Waals surface area contributed by atoms with Gasteiger partial charge in [-0.3, -0.25) is 4.79 Å². The average molecular weight is 323 g/mol. The van der Waals surface area contributed by atoms with Crippen molar-refractivity contribution in [2.45, 2.75) is 33.6 Å². The third-order valence-electron chi connectivity index (χ3n) is 4.10. The van der Waals surface area contributed by atoms with E-state index in [9.17, 15) is 9.90 Å². The quantitative estimate of drug-likeness (QED) is 0.691. The van der Waals surface area contributed by atoms with E-state index in [0.29, 0.717) is 17.7 Å². The van der Waals surface area contributed by atoms with Gasteiger partial charge in [-0.1, -0.05) is 36.8 Å². The van der Waals surface area contributed by atoms with Crippen LogP contribution in [0.15, 0.2) is 51.3 Å². The Labute approximate surface area is 140 Å². The summed E-state index contributed by atoms with van der Waals surface area (Å²) in [6.07, 6.45) is 5.37. The summed E-state index contributed by atoms with van der Waals surface area (Å²) < 4.78 is 5.75. The van der Waals surface area contributed by atoms with Crippen LogP contribution in [0.25, 0.3) is 22.2 Å². The number of rotatable bonds is 4. The number of para-hydroxylation sites is 1. The van der Waals surface area contributed by atoms with E-state index in [4.69, 9.17) is 4.42 Å². The first-order valence-electron chi connectivity index (χ1n) is 8.10. The molecule has 2 N–H and O–H groups in total. The van der Waals surface area contributed by atoms with Gasteiger partial charge in [0.1, 0.15) is 5.76 Å². The van der Waals surface area contributed by atoms with Gasteiger partial charge in [-0.2, -0.15) is 0 Å². The summed E-state index contributed by atoms with van der Waals surface area (Å²) in [5.41, 5.74) is 3.71. The van der Waals surface area contributed by atoms with E-state index in [2.05, 4.69) is 31.0 Å². The standard InChI is InChI=1S/C20H21NO3/c1-4-14-10-17(22)19(23)20(24-14)16-11-21-18-13(9-8-12(2)3)6-5-7-15(16)18/h5-8,10-11,21,23H,4,9H2,1-3H3. The summed E-state index contributed by atoms with van der Waals surface area (Å²) in [4.78, 5) is 15.2. The molecule has 0 aliphatic rings. The zero-order chi connectivity index (χ0) is 17.3. The predicted molar refractivity (Wildman–Crippen MR) is 96.4 cm³/mol. The third-order valence-corrected chi connectivity index (χ3v) is 4.10. The Kier molecular flexibility index (Phi) is 4.30. The van der Waals surface area contributed by atoms with Crippen LogP contribution in [0.3, 0.4) is 0 Å². The fraction of sp³-hybridized carbons (Fsp3) is 0.250. The minimum Gasteiger partial charge on any atom is -0.502 e. The molecule has 4 heteroatoms. The molecule has 2 heterocycles. The molecule has 2 aromatic heterocycles. The molecule has 0 saturated carbocycles. The number of nitrogens with one attached hydrogen (secondary N) is 1. The molecule has 24 heavy (non-hydrogen) atoms. The van der Waals surface area contributed by atoms with Crippen molar-refractivity contribution < 1.29 is 9.52 Å². The Morgan fingerprint density at radius 2 is 2.12 bits per heavy atom. The van der Waals surface area contributed by atoms with Crippen molar-refractivity contribution in [2.75, 3.05) is 0 Å². The summed E-state index contributed by atoms with van der Waals surface area (Å²) >= 11 is 0. The van der Waals surface area contributed by atoms with Gasteiger partial charge in [0.2, 0.25) is 11.2 Å². The van der Waals surface area contributed by atoms with Crippen molar-refractivity contribution in [1.29, 1.82) is 0 Å². The van der Waals surface area contributed by atoms with E-state index in [1.54, 1.807) is 6.20 Å². The van der Waals surface area contributed by atoms with Crippen LogP contribution in [-0.2, 0) is 12.8 Å². The summed E-state index contributed by atoms with van der Waals surface area (Å²) in [6.45, 7) is 6.05. The van der Waals surface area contributed by atoms with Gasteiger partial charge in [0, 0.05) is 35.2 Å². The number of allylic oxidation sites excluding steroid dienone is 2. The molecule has 3 rings (SSSR count). The number of benzene rings is 1. The third kappa shape index (κ3) is 2.87. The second kappa shape index (κ2) is 6.40. The van der Waals surface area contributed by atoms with Crippen LogP contribution in [0.4, 0.5) is 0 Å². The summed E-state index contributed by atoms with van der Waals surface area (Å²) in [5.74, 6) is 0.440. The lowest BCUT2D eigenvalue weighted by atomic mass is 10.0. The van der Waals surface area contributed by atoms with Crippen LogP contribution in [0.5, 0.6) is 5.75 Å². The van der Waals surface area contributed by atoms with Crippen LogP contribution in [0.2, 0.25) is 0 Å². The lowest BCUT2D eigenvalue weighted by Crippen LogP contribution is -2.02. The molecular weight excluding hydrogens is 302 g/mol. The fourth-order valence-corrected chi connectivity index (χ4v) is 2.78. The zero-order valence-corrected chi connectivity index (χ0v) is 14.1. The first-order valence-corrected chi connectivity index (χ1v) is 8.10. The first kappa shape index (κ1) is 16.1. The van der Waals surface area contributed by atoms with Crippen LogP contribution in [0, 0.1) is 0 Å². The van der Waals surface area contributed by atoms with Gasteiger partial charge in [0.05, 0.1) is 0 Å². The maximum Gasteiger partial charge on any atom is 0.227 e. The largest absolute Gasteiger partial charge is 0.502 e. The molecule has 124 valence electrons. The minimum absolute atomic E-state index is 0.227. The van der Waals surface area contributed by atoms with Crippen LogP contribution in [0.1, 0.15) is 32.1 Å². The highest BCUT2D eigenvalue weighted by molar-refractivity contribution is 5.97. The highest BCUT2D eigenvalue weighted by Gasteiger charge is 2.17. The number of H-pyrrole nitrogens is 1.